The van der Waals surface area contributed by atoms with Gasteiger partial charge in [0.2, 0.25) is 17.7 Å². The average molecular weight is 817 g/mol. The summed E-state index contributed by atoms with van der Waals surface area (Å²) < 4.78 is 5.72. The lowest BCUT2D eigenvalue weighted by Gasteiger charge is -2.26. The van der Waals surface area contributed by atoms with Gasteiger partial charge in [-0.15, -0.1) is 0 Å². The highest BCUT2D eigenvalue weighted by Gasteiger charge is 2.32. The van der Waals surface area contributed by atoms with Crippen LogP contribution in [0.5, 0.6) is 5.75 Å². The van der Waals surface area contributed by atoms with E-state index in [0.717, 1.165) is 22.4 Å². The molecule has 0 radical (unpaired) electrons. The van der Waals surface area contributed by atoms with Crippen LogP contribution in [0.2, 0.25) is 0 Å². The van der Waals surface area contributed by atoms with Crippen molar-refractivity contribution in [2.75, 3.05) is 6.61 Å². The Hall–Kier alpha value is -7.67. The number of carboxylic acids is 1. The van der Waals surface area contributed by atoms with Crippen molar-refractivity contribution >= 4 is 29.6 Å². The standard InChI is InChI=1S/C48H44N6O7/c55-44-30-61-38-19-13-33(14-20-38)29-43(48(59)60)54-47(58)42(27-32-11-17-37(18-12-32)39-8-4-5-23-50-39)53-46(57)41(52-45(56)40(51-44)28-34-21-24-49-25-22-34)26-31-9-15-36(16-10-31)35-6-2-1-3-7-35/h1-25,40-43H,26-30H2,(H,51,55)(H,52,56)(H,53,57)(H,54,58)(H,59,60)/t40-,41+,42-,43-/m0/s1. The van der Waals surface area contributed by atoms with Crippen LogP contribution in [0.1, 0.15) is 22.3 Å². The monoisotopic (exact) mass is 816 g/mol. The molecule has 4 atom stereocenters. The smallest absolute Gasteiger partial charge is 0.326 e. The first-order chi connectivity index (χ1) is 29.7. The molecule has 0 saturated carbocycles. The van der Waals surface area contributed by atoms with Gasteiger partial charge in [0.1, 0.15) is 29.9 Å². The molecule has 0 spiro atoms. The van der Waals surface area contributed by atoms with Gasteiger partial charge in [-0.2, -0.15) is 0 Å². The fourth-order valence-electron chi connectivity index (χ4n) is 7.02. The van der Waals surface area contributed by atoms with Gasteiger partial charge in [-0.25, -0.2) is 4.79 Å². The van der Waals surface area contributed by atoms with Crippen LogP contribution in [0.15, 0.2) is 152 Å². The second kappa shape index (κ2) is 19.9. The largest absolute Gasteiger partial charge is 0.484 e. The summed E-state index contributed by atoms with van der Waals surface area (Å²) in [7, 11) is 0. The quantitative estimate of drug-likeness (QED) is 0.131. The van der Waals surface area contributed by atoms with Gasteiger partial charge in [-0.3, -0.25) is 29.1 Å². The third kappa shape index (κ3) is 11.5. The summed E-state index contributed by atoms with van der Waals surface area (Å²) in [6, 6.07) is 35.2. The molecule has 4 amide bonds. The Morgan fingerprint density at radius 1 is 0.557 bits per heavy atom. The Balaban J connectivity index is 1.23. The lowest BCUT2D eigenvalue weighted by atomic mass is 9.98. The third-order valence-electron chi connectivity index (χ3n) is 10.3. The van der Waals surface area contributed by atoms with Gasteiger partial charge in [-0.05, 0) is 69.8 Å². The van der Waals surface area contributed by atoms with Gasteiger partial charge in [0, 0.05) is 49.8 Å². The van der Waals surface area contributed by atoms with E-state index in [-0.39, 0.29) is 25.7 Å². The molecule has 8 rings (SSSR count). The number of fused-ring (bicyclic) bond motifs is 16. The number of amides is 4. The summed E-state index contributed by atoms with van der Waals surface area (Å²) in [5.74, 6) is -3.58. The van der Waals surface area contributed by atoms with Gasteiger partial charge in [0.15, 0.2) is 6.61 Å². The normalized spacial score (nSPS) is 18.8. The zero-order valence-electron chi connectivity index (χ0n) is 33.1. The minimum Gasteiger partial charge on any atom is -0.484 e. The second-order valence-corrected chi connectivity index (χ2v) is 14.7. The Kier molecular flexibility index (Phi) is 13.5. The van der Waals surface area contributed by atoms with Gasteiger partial charge >= 0.3 is 5.97 Å². The van der Waals surface area contributed by atoms with Crippen molar-refractivity contribution in [1.29, 1.82) is 0 Å². The molecule has 13 heteroatoms. The van der Waals surface area contributed by atoms with Crippen LogP contribution in [0.3, 0.4) is 0 Å². The van der Waals surface area contributed by atoms with Gasteiger partial charge in [0.05, 0.1) is 5.69 Å². The molecule has 2 aromatic heterocycles. The highest BCUT2D eigenvalue weighted by Crippen LogP contribution is 2.21. The lowest BCUT2D eigenvalue weighted by molar-refractivity contribution is -0.142. The number of carbonyl (C=O) groups excluding carboxylic acids is 4. The zero-order chi connectivity index (χ0) is 42.6. The molecule has 0 unspecified atom stereocenters. The molecule has 308 valence electrons. The summed E-state index contributed by atoms with van der Waals surface area (Å²) in [5, 5.41) is 21.3. The number of ether oxygens (including phenoxy) is 1. The summed E-state index contributed by atoms with van der Waals surface area (Å²) >= 11 is 0. The van der Waals surface area contributed by atoms with Crippen LogP contribution < -0.4 is 26.0 Å². The van der Waals surface area contributed by atoms with E-state index in [9.17, 15) is 29.1 Å². The van der Waals surface area contributed by atoms with Crippen molar-refractivity contribution in [1.82, 2.24) is 31.2 Å². The lowest BCUT2D eigenvalue weighted by Crippen LogP contribution is -2.59. The van der Waals surface area contributed by atoms with Crippen LogP contribution in [0.4, 0.5) is 0 Å². The highest BCUT2D eigenvalue weighted by atomic mass is 16.5. The molecule has 13 nitrogen and oxygen atoms in total. The van der Waals surface area contributed by atoms with Crippen LogP contribution >= 0.6 is 0 Å². The van der Waals surface area contributed by atoms with Crippen molar-refractivity contribution in [2.24, 2.45) is 0 Å². The van der Waals surface area contributed by atoms with E-state index in [1.165, 1.54) is 0 Å². The number of pyridine rings is 2. The number of hydrogen-bond donors (Lipinski definition) is 5. The molecule has 4 heterocycles. The van der Waals surface area contributed by atoms with Crippen LogP contribution in [-0.4, -0.2) is 75.4 Å². The number of carboxylic acid groups (broad SMARTS) is 1. The molecule has 2 aliphatic rings. The van der Waals surface area contributed by atoms with Crippen molar-refractivity contribution < 1.29 is 33.8 Å². The number of aliphatic carboxylic acids is 1. The number of nitrogens with one attached hydrogen (secondary N) is 4. The zero-order valence-corrected chi connectivity index (χ0v) is 33.1. The Bertz CT molecular complexity index is 2430. The van der Waals surface area contributed by atoms with Gasteiger partial charge in [0.25, 0.3) is 5.91 Å². The molecule has 0 fully saturated rings. The van der Waals surface area contributed by atoms with Crippen molar-refractivity contribution in [3.05, 3.63) is 174 Å². The summed E-state index contributed by atoms with van der Waals surface area (Å²) in [4.78, 5) is 77.3. The van der Waals surface area contributed by atoms with Crippen LogP contribution in [-0.2, 0) is 49.7 Å². The first-order valence-corrected chi connectivity index (χ1v) is 19.9. The molecule has 0 aliphatic carbocycles. The van der Waals surface area contributed by atoms with Crippen molar-refractivity contribution in [2.45, 2.75) is 49.9 Å². The third-order valence-corrected chi connectivity index (χ3v) is 10.3. The molecule has 0 saturated heterocycles. The Morgan fingerprint density at radius 2 is 1.08 bits per heavy atom. The molecule has 2 aliphatic heterocycles. The van der Waals surface area contributed by atoms with E-state index < -0.39 is 60.4 Å². The number of carbonyl (C=O) groups is 5. The van der Waals surface area contributed by atoms with Crippen molar-refractivity contribution in [3.8, 4) is 28.1 Å². The molecule has 4 aromatic carbocycles. The fraction of sp³-hybridized carbons (Fsp3) is 0.188. The molecular weight excluding hydrogens is 773 g/mol. The molecule has 6 aromatic rings. The molecule has 5 N–H and O–H groups in total. The van der Waals surface area contributed by atoms with E-state index in [1.54, 1.807) is 55.0 Å². The minimum atomic E-state index is -1.36. The summed E-state index contributed by atoms with van der Waals surface area (Å²) in [6.07, 6.45) is 4.85. The number of benzene rings is 4. The van der Waals surface area contributed by atoms with Gasteiger partial charge < -0.3 is 31.1 Å². The molecule has 2 bridgehead atoms. The minimum absolute atomic E-state index is 0.00832. The van der Waals surface area contributed by atoms with E-state index in [0.29, 0.717) is 28.0 Å². The molecule has 61 heavy (non-hydrogen) atoms. The van der Waals surface area contributed by atoms with E-state index in [4.69, 9.17) is 4.74 Å². The molecular formula is C48H44N6O7. The Labute approximate surface area is 352 Å². The first kappa shape index (κ1) is 41.5. The SMILES string of the molecule is O=C1COc2ccc(cc2)C[C@@H](C(=O)O)NC(=O)[C@H](Cc2ccc(-c3ccccn3)cc2)NC(=O)[C@@H](Cc2ccc(-c3ccccc3)cc2)NC(=O)[C@H](Cc2ccncc2)N1. The maximum atomic E-state index is 14.6. The number of nitrogens with zero attached hydrogens (tertiary/aromatic N) is 2. The average Bonchev–Trinajstić information content (AvgIpc) is 3.29. The van der Waals surface area contributed by atoms with E-state index in [2.05, 4.69) is 31.2 Å². The predicted octanol–water partition coefficient (Wildman–Crippen LogP) is 4.50. The summed E-state index contributed by atoms with van der Waals surface area (Å²) in [5.41, 5.74) is 6.24. The van der Waals surface area contributed by atoms with Gasteiger partial charge in [-0.1, -0.05) is 97.1 Å². The number of aromatic nitrogens is 2. The maximum absolute atomic E-state index is 14.6. The Morgan fingerprint density at radius 3 is 1.66 bits per heavy atom. The van der Waals surface area contributed by atoms with Crippen LogP contribution in [0, 0.1) is 0 Å². The maximum Gasteiger partial charge on any atom is 0.326 e. The van der Waals surface area contributed by atoms with Crippen LogP contribution in [0.25, 0.3) is 22.4 Å². The van der Waals surface area contributed by atoms with Crippen molar-refractivity contribution in [3.63, 3.8) is 0 Å². The topological polar surface area (TPSA) is 189 Å². The highest BCUT2D eigenvalue weighted by molar-refractivity contribution is 5.95. The second-order valence-electron chi connectivity index (χ2n) is 14.7. The first-order valence-electron chi connectivity index (χ1n) is 19.9. The van der Waals surface area contributed by atoms with E-state index >= 15 is 0 Å². The summed E-state index contributed by atoms with van der Waals surface area (Å²) in [6.45, 7) is -0.421. The van der Waals surface area contributed by atoms with E-state index in [1.807, 2.05) is 97.1 Å². The fourth-order valence-corrected chi connectivity index (χ4v) is 7.02. The predicted molar refractivity (Wildman–Crippen MR) is 228 cm³/mol. The number of hydrogen-bond acceptors (Lipinski definition) is 8. The number of rotatable bonds is 9.